The first kappa shape index (κ1) is 11.4. The maximum atomic E-state index is 10.8. The third-order valence-electron chi connectivity index (χ3n) is 2.30. The SMILES string of the molecule is CCC1(C)CSC(=NCC(=O)OC)N1. The zero-order chi connectivity index (χ0) is 10.6. The third kappa shape index (κ3) is 2.90. The molecule has 1 heterocycles. The summed E-state index contributed by atoms with van der Waals surface area (Å²) in [6.07, 6.45) is 1.05. The lowest BCUT2D eigenvalue weighted by molar-refractivity contribution is -0.138. The van der Waals surface area contributed by atoms with Crippen LogP contribution in [0.3, 0.4) is 0 Å². The fourth-order valence-corrected chi connectivity index (χ4v) is 2.24. The normalized spacial score (nSPS) is 28.9. The Balaban J connectivity index is 2.45. The number of thioether (sulfide) groups is 1. The number of amidine groups is 1. The number of aliphatic imine (C=N–C) groups is 1. The van der Waals surface area contributed by atoms with E-state index in [9.17, 15) is 4.79 Å². The van der Waals surface area contributed by atoms with Gasteiger partial charge in [-0.3, -0.25) is 9.79 Å². The molecule has 0 aromatic rings. The number of esters is 1. The van der Waals surface area contributed by atoms with Gasteiger partial charge < -0.3 is 10.1 Å². The molecule has 1 atom stereocenters. The topological polar surface area (TPSA) is 50.7 Å². The number of ether oxygens (including phenoxy) is 1. The van der Waals surface area contributed by atoms with Gasteiger partial charge in [0, 0.05) is 11.3 Å². The van der Waals surface area contributed by atoms with Crippen molar-refractivity contribution in [3.8, 4) is 0 Å². The van der Waals surface area contributed by atoms with Crippen molar-refractivity contribution in [2.45, 2.75) is 25.8 Å². The Morgan fingerprint density at radius 2 is 2.50 bits per heavy atom. The predicted octanol–water partition coefficient (Wildman–Crippen LogP) is 1.02. The highest BCUT2D eigenvalue weighted by Crippen LogP contribution is 2.25. The standard InChI is InChI=1S/C9H16N2O2S/c1-4-9(2)6-14-8(11-9)10-5-7(12)13-3/h4-6H2,1-3H3,(H,10,11). The highest BCUT2D eigenvalue weighted by atomic mass is 32.2. The van der Waals surface area contributed by atoms with E-state index in [1.165, 1.54) is 7.11 Å². The summed E-state index contributed by atoms with van der Waals surface area (Å²) < 4.78 is 4.51. The van der Waals surface area contributed by atoms with E-state index in [1.54, 1.807) is 11.8 Å². The number of rotatable bonds is 3. The number of carbonyl (C=O) groups is 1. The summed E-state index contributed by atoms with van der Waals surface area (Å²) in [4.78, 5) is 15.0. The second-order valence-electron chi connectivity index (χ2n) is 3.53. The van der Waals surface area contributed by atoms with Crippen molar-refractivity contribution in [3.63, 3.8) is 0 Å². The Morgan fingerprint density at radius 1 is 1.79 bits per heavy atom. The van der Waals surface area contributed by atoms with Crippen LogP contribution in [0.2, 0.25) is 0 Å². The Hall–Kier alpha value is -0.710. The van der Waals surface area contributed by atoms with Gasteiger partial charge in [-0.05, 0) is 13.3 Å². The first-order chi connectivity index (χ1) is 6.59. The molecule has 1 aliphatic rings. The van der Waals surface area contributed by atoms with E-state index in [0.29, 0.717) is 0 Å². The second-order valence-corrected chi connectivity index (χ2v) is 4.49. The number of carbonyl (C=O) groups excluding carboxylic acids is 1. The van der Waals surface area contributed by atoms with Crippen LogP contribution in [0.1, 0.15) is 20.3 Å². The molecule has 4 nitrogen and oxygen atoms in total. The molecular weight excluding hydrogens is 200 g/mol. The van der Waals surface area contributed by atoms with Crippen molar-refractivity contribution in [3.05, 3.63) is 0 Å². The first-order valence-electron chi connectivity index (χ1n) is 4.62. The van der Waals surface area contributed by atoms with E-state index in [4.69, 9.17) is 0 Å². The van der Waals surface area contributed by atoms with Crippen molar-refractivity contribution in [1.82, 2.24) is 5.32 Å². The molecule has 5 heteroatoms. The van der Waals surface area contributed by atoms with Crippen LogP contribution in [0.5, 0.6) is 0 Å². The summed E-state index contributed by atoms with van der Waals surface area (Å²) in [5.41, 5.74) is 0.125. The fourth-order valence-electron chi connectivity index (χ4n) is 1.03. The van der Waals surface area contributed by atoms with Gasteiger partial charge in [-0.2, -0.15) is 0 Å². The Bertz CT molecular complexity index is 255. The van der Waals surface area contributed by atoms with Crippen LogP contribution in [0.25, 0.3) is 0 Å². The van der Waals surface area contributed by atoms with Crippen molar-refractivity contribution in [2.24, 2.45) is 4.99 Å². The molecule has 0 saturated carbocycles. The molecule has 1 saturated heterocycles. The summed E-state index contributed by atoms with van der Waals surface area (Å²) in [7, 11) is 1.37. The van der Waals surface area contributed by atoms with E-state index in [1.807, 2.05) is 0 Å². The minimum Gasteiger partial charge on any atom is -0.468 e. The van der Waals surface area contributed by atoms with Gasteiger partial charge in [0.15, 0.2) is 5.17 Å². The van der Waals surface area contributed by atoms with Crippen LogP contribution < -0.4 is 5.32 Å². The van der Waals surface area contributed by atoms with Gasteiger partial charge in [0.1, 0.15) is 6.54 Å². The van der Waals surface area contributed by atoms with Crippen molar-refractivity contribution >= 4 is 22.9 Å². The van der Waals surface area contributed by atoms with E-state index in [0.717, 1.165) is 17.3 Å². The lowest BCUT2D eigenvalue weighted by atomic mass is 10.0. The van der Waals surface area contributed by atoms with E-state index >= 15 is 0 Å². The number of nitrogens with one attached hydrogen (secondary N) is 1. The van der Waals surface area contributed by atoms with Crippen LogP contribution in [0, 0.1) is 0 Å². The minimum atomic E-state index is -0.301. The lowest BCUT2D eigenvalue weighted by Gasteiger charge is -2.20. The smallest absolute Gasteiger partial charge is 0.327 e. The monoisotopic (exact) mass is 216 g/mol. The average molecular weight is 216 g/mol. The number of nitrogens with zero attached hydrogens (tertiary/aromatic N) is 1. The minimum absolute atomic E-state index is 0.103. The van der Waals surface area contributed by atoms with Gasteiger partial charge in [-0.25, -0.2) is 0 Å². The Labute approximate surface area is 88.5 Å². The van der Waals surface area contributed by atoms with Gasteiger partial charge in [-0.15, -0.1) is 0 Å². The Morgan fingerprint density at radius 3 is 3.00 bits per heavy atom. The Kier molecular flexibility index (Phi) is 3.80. The molecular formula is C9H16N2O2S. The molecule has 0 bridgehead atoms. The van der Waals surface area contributed by atoms with Crippen molar-refractivity contribution in [1.29, 1.82) is 0 Å². The molecule has 0 aromatic heterocycles. The third-order valence-corrected chi connectivity index (χ3v) is 3.58. The van der Waals surface area contributed by atoms with E-state index in [-0.39, 0.29) is 18.1 Å². The molecule has 1 unspecified atom stereocenters. The van der Waals surface area contributed by atoms with E-state index < -0.39 is 0 Å². The molecule has 0 amide bonds. The first-order valence-corrected chi connectivity index (χ1v) is 5.60. The predicted molar refractivity (Wildman–Crippen MR) is 58.6 cm³/mol. The molecule has 0 aromatic carbocycles. The summed E-state index contributed by atoms with van der Waals surface area (Å²) >= 11 is 1.66. The zero-order valence-electron chi connectivity index (χ0n) is 8.79. The second kappa shape index (κ2) is 4.68. The van der Waals surface area contributed by atoms with Gasteiger partial charge >= 0.3 is 5.97 Å². The molecule has 14 heavy (non-hydrogen) atoms. The molecule has 1 fully saturated rings. The van der Waals surface area contributed by atoms with E-state index in [2.05, 4.69) is 28.9 Å². The van der Waals surface area contributed by atoms with Crippen LogP contribution in [0.15, 0.2) is 4.99 Å². The number of hydrogen-bond acceptors (Lipinski definition) is 4. The van der Waals surface area contributed by atoms with Crippen molar-refractivity contribution < 1.29 is 9.53 Å². The molecule has 1 aliphatic heterocycles. The van der Waals surface area contributed by atoms with Crippen LogP contribution >= 0.6 is 11.8 Å². The average Bonchev–Trinajstić information content (AvgIpc) is 2.58. The van der Waals surface area contributed by atoms with Crippen LogP contribution in [-0.4, -0.2) is 36.1 Å². The molecule has 0 aliphatic carbocycles. The van der Waals surface area contributed by atoms with Crippen LogP contribution in [0.4, 0.5) is 0 Å². The summed E-state index contributed by atoms with van der Waals surface area (Å²) in [5.74, 6) is 0.703. The maximum absolute atomic E-state index is 10.8. The molecule has 0 spiro atoms. The zero-order valence-corrected chi connectivity index (χ0v) is 9.61. The molecule has 80 valence electrons. The number of hydrogen-bond donors (Lipinski definition) is 1. The molecule has 0 radical (unpaired) electrons. The maximum Gasteiger partial charge on any atom is 0.327 e. The quantitative estimate of drug-likeness (QED) is 0.716. The van der Waals surface area contributed by atoms with Gasteiger partial charge in [0.25, 0.3) is 0 Å². The highest BCUT2D eigenvalue weighted by molar-refractivity contribution is 8.14. The largest absolute Gasteiger partial charge is 0.468 e. The lowest BCUT2D eigenvalue weighted by Crippen LogP contribution is -2.39. The summed E-state index contributed by atoms with van der Waals surface area (Å²) in [5, 5.41) is 4.15. The van der Waals surface area contributed by atoms with Gasteiger partial charge in [0.05, 0.1) is 7.11 Å². The number of methoxy groups -OCH3 is 1. The molecule has 1 rings (SSSR count). The summed E-state index contributed by atoms with van der Waals surface area (Å²) in [6, 6.07) is 0. The van der Waals surface area contributed by atoms with Gasteiger partial charge in [0.2, 0.25) is 0 Å². The van der Waals surface area contributed by atoms with Gasteiger partial charge in [-0.1, -0.05) is 18.7 Å². The fraction of sp³-hybridized carbons (Fsp3) is 0.778. The highest BCUT2D eigenvalue weighted by Gasteiger charge is 2.30. The summed E-state index contributed by atoms with van der Waals surface area (Å²) in [6.45, 7) is 4.39. The van der Waals surface area contributed by atoms with Crippen LogP contribution in [-0.2, 0) is 9.53 Å². The van der Waals surface area contributed by atoms with Crippen molar-refractivity contribution in [2.75, 3.05) is 19.4 Å². The molecule has 1 N–H and O–H groups in total.